The first-order chi connectivity index (χ1) is 7.17. The average molecular weight is 228 g/mol. The Hall–Kier alpha value is -0.940. The number of aliphatic hydroxyl groups excluding tert-OH is 1. The van der Waals surface area contributed by atoms with Crippen LogP contribution in [0.3, 0.4) is 0 Å². The number of likely N-dealkylation sites (N-methyl/N-ethyl adjacent to an activating group) is 1. The zero-order valence-corrected chi connectivity index (χ0v) is 9.88. The molecule has 5 heteroatoms. The summed E-state index contributed by atoms with van der Waals surface area (Å²) in [6.45, 7) is 4.86. The first-order valence-electron chi connectivity index (χ1n) is 4.97. The SMILES string of the molecule is CCN(CCO)C(=O)Cc1csc(C)n1. The zero-order valence-electron chi connectivity index (χ0n) is 9.06. The van der Waals surface area contributed by atoms with Crippen LogP contribution >= 0.6 is 11.3 Å². The van der Waals surface area contributed by atoms with Gasteiger partial charge in [-0.15, -0.1) is 11.3 Å². The van der Waals surface area contributed by atoms with Gasteiger partial charge in [-0.1, -0.05) is 0 Å². The van der Waals surface area contributed by atoms with Crippen molar-refractivity contribution in [2.45, 2.75) is 20.3 Å². The van der Waals surface area contributed by atoms with Crippen molar-refractivity contribution in [3.63, 3.8) is 0 Å². The summed E-state index contributed by atoms with van der Waals surface area (Å²) in [4.78, 5) is 17.6. The molecular formula is C10H16N2O2S. The molecule has 1 amide bonds. The number of hydrogen-bond donors (Lipinski definition) is 1. The van der Waals surface area contributed by atoms with Crippen LogP contribution in [0.2, 0.25) is 0 Å². The number of thiazole rings is 1. The summed E-state index contributed by atoms with van der Waals surface area (Å²) < 4.78 is 0. The molecule has 0 radical (unpaired) electrons. The quantitative estimate of drug-likeness (QED) is 0.812. The molecule has 1 aromatic heterocycles. The molecule has 0 saturated carbocycles. The molecule has 1 rings (SSSR count). The normalized spacial score (nSPS) is 10.3. The van der Waals surface area contributed by atoms with Crippen molar-refractivity contribution < 1.29 is 9.90 Å². The van der Waals surface area contributed by atoms with E-state index >= 15 is 0 Å². The molecule has 0 aliphatic rings. The summed E-state index contributed by atoms with van der Waals surface area (Å²) in [5.74, 6) is 0.0249. The maximum Gasteiger partial charge on any atom is 0.228 e. The van der Waals surface area contributed by atoms with E-state index < -0.39 is 0 Å². The van der Waals surface area contributed by atoms with Gasteiger partial charge in [0.1, 0.15) is 0 Å². The third-order valence-electron chi connectivity index (χ3n) is 2.10. The molecule has 0 bridgehead atoms. The van der Waals surface area contributed by atoms with Gasteiger partial charge in [-0.3, -0.25) is 4.79 Å². The standard InChI is InChI=1S/C10H16N2O2S/c1-3-12(4-5-13)10(14)6-9-7-15-8(2)11-9/h7,13H,3-6H2,1-2H3. The summed E-state index contributed by atoms with van der Waals surface area (Å²) in [6.07, 6.45) is 0.332. The van der Waals surface area contributed by atoms with Crippen LogP contribution < -0.4 is 0 Å². The fraction of sp³-hybridized carbons (Fsp3) is 0.600. The number of aliphatic hydroxyl groups is 1. The fourth-order valence-corrected chi connectivity index (χ4v) is 1.95. The van der Waals surface area contributed by atoms with Crippen molar-refractivity contribution in [2.24, 2.45) is 0 Å². The number of hydrogen-bond acceptors (Lipinski definition) is 4. The van der Waals surface area contributed by atoms with E-state index in [1.165, 1.54) is 0 Å². The van der Waals surface area contributed by atoms with Gasteiger partial charge in [0, 0.05) is 18.5 Å². The van der Waals surface area contributed by atoms with Crippen LogP contribution in [0.25, 0.3) is 0 Å². The Morgan fingerprint density at radius 2 is 2.40 bits per heavy atom. The van der Waals surface area contributed by atoms with Crippen LogP contribution in [0, 0.1) is 6.92 Å². The van der Waals surface area contributed by atoms with Crippen LogP contribution in [0.5, 0.6) is 0 Å². The second-order valence-electron chi connectivity index (χ2n) is 3.23. The Morgan fingerprint density at radius 1 is 1.67 bits per heavy atom. The van der Waals surface area contributed by atoms with Crippen molar-refractivity contribution in [2.75, 3.05) is 19.7 Å². The predicted molar refractivity (Wildman–Crippen MR) is 59.9 cm³/mol. The van der Waals surface area contributed by atoms with Gasteiger partial charge >= 0.3 is 0 Å². The lowest BCUT2D eigenvalue weighted by Crippen LogP contribution is -2.34. The van der Waals surface area contributed by atoms with Crippen molar-refractivity contribution in [1.82, 2.24) is 9.88 Å². The summed E-state index contributed by atoms with van der Waals surface area (Å²) in [5.41, 5.74) is 0.818. The number of aryl methyl sites for hydroxylation is 1. The molecule has 4 nitrogen and oxygen atoms in total. The third kappa shape index (κ3) is 3.60. The number of rotatable bonds is 5. The fourth-order valence-electron chi connectivity index (χ4n) is 1.34. The average Bonchev–Trinajstić information content (AvgIpc) is 2.60. The maximum absolute atomic E-state index is 11.7. The molecule has 0 aliphatic heterocycles. The molecule has 0 aromatic carbocycles. The van der Waals surface area contributed by atoms with Gasteiger partial charge in [0.2, 0.25) is 5.91 Å². The van der Waals surface area contributed by atoms with Crippen LogP contribution in [0.1, 0.15) is 17.6 Å². The van der Waals surface area contributed by atoms with Crippen molar-refractivity contribution >= 4 is 17.2 Å². The second kappa shape index (κ2) is 5.82. The molecule has 0 spiro atoms. The Morgan fingerprint density at radius 3 is 2.87 bits per heavy atom. The minimum Gasteiger partial charge on any atom is -0.395 e. The number of amides is 1. The van der Waals surface area contributed by atoms with Gasteiger partial charge in [0.05, 0.1) is 23.7 Å². The van der Waals surface area contributed by atoms with E-state index in [0.717, 1.165) is 10.7 Å². The van der Waals surface area contributed by atoms with E-state index in [0.29, 0.717) is 19.5 Å². The number of nitrogens with zero attached hydrogens (tertiary/aromatic N) is 2. The summed E-state index contributed by atoms with van der Waals surface area (Å²) in [6, 6.07) is 0. The van der Waals surface area contributed by atoms with Crippen LogP contribution in [-0.4, -0.2) is 40.6 Å². The van der Waals surface area contributed by atoms with E-state index in [2.05, 4.69) is 4.98 Å². The highest BCUT2D eigenvalue weighted by molar-refractivity contribution is 7.09. The lowest BCUT2D eigenvalue weighted by Gasteiger charge is -2.18. The van der Waals surface area contributed by atoms with Crippen molar-refractivity contribution in [3.05, 3.63) is 16.1 Å². The van der Waals surface area contributed by atoms with E-state index in [1.807, 2.05) is 19.2 Å². The van der Waals surface area contributed by atoms with Gasteiger partial charge in [0.15, 0.2) is 0 Å². The van der Waals surface area contributed by atoms with Crippen LogP contribution in [0.4, 0.5) is 0 Å². The van der Waals surface area contributed by atoms with E-state index in [4.69, 9.17) is 5.11 Å². The molecule has 1 heterocycles. The molecule has 0 saturated heterocycles. The Bertz CT molecular complexity index is 325. The number of aromatic nitrogens is 1. The first-order valence-corrected chi connectivity index (χ1v) is 5.85. The molecule has 0 fully saturated rings. The summed E-state index contributed by atoms with van der Waals surface area (Å²) >= 11 is 1.55. The molecule has 0 unspecified atom stereocenters. The molecular weight excluding hydrogens is 212 g/mol. The van der Waals surface area contributed by atoms with Crippen molar-refractivity contribution in [1.29, 1.82) is 0 Å². The Labute approximate surface area is 93.6 Å². The van der Waals surface area contributed by atoms with Crippen LogP contribution in [0.15, 0.2) is 5.38 Å². The smallest absolute Gasteiger partial charge is 0.228 e. The highest BCUT2D eigenvalue weighted by atomic mass is 32.1. The first kappa shape index (κ1) is 12.1. The topological polar surface area (TPSA) is 53.4 Å². The monoisotopic (exact) mass is 228 g/mol. The maximum atomic E-state index is 11.7. The Kier molecular flexibility index (Phi) is 4.71. The van der Waals surface area contributed by atoms with Gasteiger partial charge in [-0.25, -0.2) is 4.98 Å². The molecule has 1 aromatic rings. The van der Waals surface area contributed by atoms with Crippen molar-refractivity contribution in [3.8, 4) is 0 Å². The molecule has 15 heavy (non-hydrogen) atoms. The Balaban J connectivity index is 2.53. The second-order valence-corrected chi connectivity index (χ2v) is 4.29. The molecule has 84 valence electrons. The minimum absolute atomic E-state index is 0.00960. The molecule has 1 N–H and O–H groups in total. The number of carbonyl (C=O) groups is 1. The summed E-state index contributed by atoms with van der Waals surface area (Å²) in [5, 5.41) is 11.7. The minimum atomic E-state index is 0.00960. The number of carbonyl (C=O) groups excluding carboxylic acids is 1. The van der Waals surface area contributed by atoms with Gasteiger partial charge < -0.3 is 10.0 Å². The van der Waals surface area contributed by atoms with E-state index in [-0.39, 0.29) is 12.5 Å². The zero-order chi connectivity index (χ0) is 11.3. The van der Waals surface area contributed by atoms with E-state index in [9.17, 15) is 4.79 Å². The third-order valence-corrected chi connectivity index (χ3v) is 2.93. The van der Waals surface area contributed by atoms with Gasteiger partial charge in [-0.2, -0.15) is 0 Å². The highest BCUT2D eigenvalue weighted by Gasteiger charge is 2.12. The highest BCUT2D eigenvalue weighted by Crippen LogP contribution is 2.09. The molecule has 0 aliphatic carbocycles. The van der Waals surface area contributed by atoms with Crippen LogP contribution in [-0.2, 0) is 11.2 Å². The van der Waals surface area contributed by atoms with Gasteiger partial charge in [-0.05, 0) is 13.8 Å². The van der Waals surface area contributed by atoms with Gasteiger partial charge in [0.25, 0.3) is 0 Å². The summed E-state index contributed by atoms with van der Waals surface area (Å²) in [7, 11) is 0. The lowest BCUT2D eigenvalue weighted by molar-refractivity contribution is -0.130. The predicted octanol–water partition coefficient (Wildman–Crippen LogP) is 0.835. The van der Waals surface area contributed by atoms with E-state index in [1.54, 1.807) is 16.2 Å². The lowest BCUT2D eigenvalue weighted by atomic mass is 10.3. The molecule has 0 atom stereocenters. The largest absolute Gasteiger partial charge is 0.395 e.